The molecule has 12 nitrogen and oxygen atoms in total. The minimum atomic E-state index is -3.62. The first-order chi connectivity index (χ1) is 25.6. The predicted octanol–water partition coefficient (Wildman–Crippen LogP) is 3.84. The highest BCUT2D eigenvalue weighted by atomic mass is 32.2. The molecular weight excluding hydrogens is 705 g/mol. The Kier molecular flexibility index (Phi) is 13.2. The number of nitrogens with one attached hydrogen (secondary N) is 3. The summed E-state index contributed by atoms with van der Waals surface area (Å²) >= 11 is 0. The molecule has 4 N–H and O–H groups in total. The highest BCUT2D eigenvalue weighted by Gasteiger charge is 2.41. The molecule has 13 heteroatoms. The smallest absolute Gasteiger partial charge is 0.270 e. The molecule has 3 heterocycles. The van der Waals surface area contributed by atoms with Gasteiger partial charge in [0, 0.05) is 36.4 Å². The Morgan fingerprint density at radius 2 is 1.59 bits per heavy atom. The van der Waals surface area contributed by atoms with E-state index in [9.17, 15) is 27.9 Å². The monoisotopic (exact) mass is 756 g/mol. The number of sulfone groups is 1. The van der Waals surface area contributed by atoms with Crippen LogP contribution < -0.4 is 16.0 Å². The standard InChI is InChI=1S/C41H52N6O6S/c1-27(2)37(45-38(49)33-16-15-30-13-9-10-14-32(30)43-33)40(51)44-34(23-28-11-7-6-8-12-28)36(48)25-47-22-19-31(24-35(47)39(50)46-41(3,4)5)54(52,53)26-29-17-20-42-21-18-29/h6-18,20-21,27,31,34-37,48H,19,22-26H2,1-5H3,(H,44,51)(H,45,49)(H,46,50)/t31-,34+,35+,36-,37+/m1/s1. The van der Waals surface area contributed by atoms with Crippen LogP contribution in [0.1, 0.15) is 69.1 Å². The average molecular weight is 757 g/mol. The van der Waals surface area contributed by atoms with E-state index in [1.807, 2.05) is 100 Å². The zero-order valence-corrected chi connectivity index (χ0v) is 32.4. The number of rotatable bonds is 14. The van der Waals surface area contributed by atoms with E-state index in [-0.39, 0.29) is 55.6 Å². The summed E-state index contributed by atoms with van der Waals surface area (Å²) in [6, 6.07) is 21.1. The van der Waals surface area contributed by atoms with Crippen molar-refractivity contribution in [2.24, 2.45) is 5.92 Å². The quantitative estimate of drug-likeness (QED) is 0.149. The van der Waals surface area contributed by atoms with Crippen molar-refractivity contribution in [2.45, 2.75) is 94.7 Å². The lowest BCUT2D eigenvalue weighted by Crippen LogP contribution is -2.60. The van der Waals surface area contributed by atoms with E-state index in [0.29, 0.717) is 11.1 Å². The van der Waals surface area contributed by atoms with Crippen LogP contribution in [0.5, 0.6) is 0 Å². The highest BCUT2D eigenvalue weighted by molar-refractivity contribution is 7.91. The van der Waals surface area contributed by atoms with Gasteiger partial charge >= 0.3 is 0 Å². The summed E-state index contributed by atoms with van der Waals surface area (Å²) in [4.78, 5) is 51.4. The molecule has 1 aliphatic rings. The molecule has 3 amide bonds. The third kappa shape index (κ3) is 10.9. The van der Waals surface area contributed by atoms with Gasteiger partial charge in [0.1, 0.15) is 11.7 Å². The number of hydrogen-bond acceptors (Lipinski definition) is 9. The highest BCUT2D eigenvalue weighted by Crippen LogP contribution is 2.27. The Hall–Kier alpha value is -4.72. The fourth-order valence-corrected chi connectivity index (χ4v) is 8.65. The topological polar surface area (TPSA) is 171 Å². The summed E-state index contributed by atoms with van der Waals surface area (Å²) < 4.78 is 27.2. The van der Waals surface area contributed by atoms with Gasteiger partial charge in [-0.2, -0.15) is 0 Å². The lowest BCUT2D eigenvalue weighted by molar-refractivity contribution is -0.130. The zero-order chi connectivity index (χ0) is 39.0. The molecule has 1 aliphatic heterocycles. The number of nitrogens with zero attached hydrogens (tertiary/aromatic N) is 3. The second-order valence-corrected chi connectivity index (χ2v) is 17.8. The number of benzene rings is 2. The summed E-state index contributed by atoms with van der Waals surface area (Å²) in [6.45, 7) is 9.46. The largest absolute Gasteiger partial charge is 0.390 e. The Morgan fingerprint density at radius 3 is 2.28 bits per heavy atom. The molecule has 2 aromatic carbocycles. The second kappa shape index (κ2) is 17.6. The molecule has 0 aliphatic carbocycles. The van der Waals surface area contributed by atoms with Crippen molar-refractivity contribution in [1.29, 1.82) is 0 Å². The van der Waals surface area contributed by atoms with Gasteiger partial charge in [0.2, 0.25) is 11.8 Å². The molecule has 1 fully saturated rings. The fraction of sp³-hybridized carbons (Fsp3) is 0.439. The third-order valence-corrected chi connectivity index (χ3v) is 11.8. The summed E-state index contributed by atoms with van der Waals surface area (Å²) in [5.74, 6) is -1.76. The maximum Gasteiger partial charge on any atom is 0.270 e. The van der Waals surface area contributed by atoms with Crippen molar-refractivity contribution in [3.63, 3.8) is 0 Å². The van der Waals surface area contributed by atoms with Gasteiger partial charge in [0.25, 0.3) is 5.91 Å². The normalized spacial score (nSPS) is 18.4. The first-order valence-electron chi connectivity index (χ1n) is 18.4. The van der Waals surface area contributed by atoms with Gasteiger partial charge in [0.15, 0.2) is 9.84 Å². The number of aliphatic hydroxyl groups excluding tert-OH is 1. The Bertz CT molecular complexity index is 2000. The molecule has 5 rings (SSSR count). The molecule has 1 saturated heterocycles. The van der Waals surface area contributed by atoms with Crippen LogP contribution in [0, 0.1) is 5.92 Å². The molecule has 54 heavy (non-hydrogen) atoms. The molecule has 288 valence electrons. The maximum atomic E-state index is 14.0. The van der Waals surface area contributed by atoms with E-state index in [2.05, 4.69) is 25.9 Å². The molecule has 0 unspecified atom stereocenters. The van der Waals surface area contributed by atoms with Gasteiger partial charge in [-0.05, 0) is 81.3 Å². The molecule has 4 aromatic rings. The number of β-amino-alcohol motifs (C(OH)–C–C–N with tert-alkyl or cyclic N) is 1. The van der Waals surface area contributed by atoms with Gasteiger partial charge in [-0.25, -0.2) is 13.4 Å². The Balaban J connectivity index is 1.35. The Morgan fingerprint density at radius 1 is 0.907 bits per heavy atom. The third-order valence-electron chi connectivity index (χ3n) is 9.67. The number of piperidine rings is 1. The number of para-hydroxylation sites is 1. The van der Waals surface area contributed by atoms with E-state index >= 15 is 0 Å². The van der Waals surface area contributed by atoms with E-state index < -0.39 is 56.7 Å². The van der Waals surface area contributed by atoms with E-state index in [1.165, 1.54) is 0 Å². The lowest BCUT2D eigenvalue weighted by Gasteiger charge is -2.41. The number of amides is 3. The number of likely N-dealkylation sites (tertiary alicyclic amines) is 1. The van der Waals surface area contributed by atoms with Crippen LogP contribution in [0.25, 0.3) is 10.9 Å². The van der Waals surface area contributed by atoms with Crippen LogP contribution in [0.2, 0.25) is 0 Å². The maximum absolute atomic E-state index is 14.0. The fourth-order valence-electron chi connectivity index (χ4n) is 6.82. The van der Waals surface area contributed by atoms with Crippen molar-refractivity contribution in [2.75, 3.05) is 13.1 Å². The SMILES string of the molecule is CC(C)[C@H](NC(=O)c1ccc2ccccc2n1)C(=O)N[C@@H](Cc1ccccc1)[C@H](O)CN1CC[C@@H](S(=O)(=O)Cc2ccncc2)C[C@H]1C(=O)NC(C)(C)C. The van der Waals surface area contributed by atoms with E-state index in [0.717, 1.165) is 10.9 Å². The summed E-state index contributed by atoms with van der Waals surface area (Å²) in [5, 5.41) is 20.9. The number of pyridine rings is 2. The molecule has 0 radical (unpaired) electrons. The molecule has 5 atom stereocenters. The van der Waals surface area contributed by atoms with Crippen molar-refractivity contribution >= 4 is 38.5 Å². The number of hydrogen-bond donors (Lipinski definition) is 4. The molecule has 0 spiro atoms. The molecular formula is C41H52N6O6S. The van der Waals surface area contributed by atoms with Crippen LogP contribution >= 0.6 is 0 Å². The van der Waals surface area contributed by atoms with Gasteiger partial charge < -0.3 is 21.1 Å². The molecule has 0 bridgehead atoms. The lowest BCUT2D eigenvalue weighted by atomic mass is 9.95. The van der Waals surface area contributed by atoms with E-state index in [1.54, 1.807) is 30.6 Å². The van der Waals surface area contributed by atoms with Crippen LogP contribution in [-0.4, -0.2) is 94.2 Å². The number of carbonyl (C=O) groups excluding carboxylic acids is 3. The predicted molar refractivity (Wildman–Crippen MR) is 209 cm³/mol. The second-order valence-electron chi connectivity index (χ2n) is 15.5. The van der Waals surface area contributed by atoms with Gasteiger partial charge in [0.05, 0.1) is 34.7 Å². The van der Waals surface area contributed by atoms with Crippen molar-refractivity contribution in [3.8, 4) is 0 Å². The molecule has 2 aromatic heterocycles. The van der Waals surface area contributed by atoms with Crippen molar-refractivity contribution in [3.05, 3.63) is 108 Å². The summed E-state index contributed by atoms with van der Waals surface area (Å²) in [5.41, 5.74) is 1.76. The number of aliphatic hydroxyl groups is 1. The summed E-state index contributed by atoms with van der Waals surface area (Å²) in [6.07, 6.45) is 2.56. The first kappa shape index (κ1) is 40.5. The van der Waals surface area contributed by atoms with Gasteiger partial charge in [-0.1, -0.05) is 68.4 Å². The van der Waals surface area contributed by atoms with Crippen molar-refractivity contribution in [1.82, 2.24) is 30.8 Å². The first-order valence-corrected chi connectivity index (χ1v) is 20.2. The molecule has 0 saturated carbocycles. The van der Waals surface area contributed by atoms with Crippen LogP contribution in [-0.2, 0) is 31.6 Å². The van der Waals surface area contributed by atoms with Crippen molar-refractivity contribution < 1.29 is 27.9 Å². The number of aromatic nitrogens is 2. The summed E-state index contributed by atoms with van der Waals surface area (Å²) in [7, 11) is -3.62. The van der Waals surface area contributed by atoms with Crippen LogP contribution in [0.4, 0.5) is 0 Å². The van der Waals surface area contributed by atoms with Crippen LogP contribution in [0.15, 0.2) is 91.3 Å². The number of carbonyl (C=O) groups is 3. The van der Waals surface area contributed by atoms with Gasteiger partial charge in [-0.3, -0.25) is 24.3 Å². The zero-order valence-electron chi connectivity index (χ0n) is 31.6. The average Bonchev–Trinajstić information content (AvgIpc) is 3.13. The minimum absolute atomic E-state index is 0.00313. The minimum Gasteiger partial charge on any atom is -0.390 e. The van der Waals surface area contributed by atoms with Gasteiger partial charge in [-0.15, -0.1) is 0 Å². The van der Waals surface area contributed by atoms with Crippen LogP contribution in [0.3, 0.4) is 0 Å². The number of fused-ring (bicyclic) bond motifs is 1. The Labute approximate surface area is 318 Å². The van der Waals surface area contributed by atoms with E-state index in [4.69, 9.17) is 0 Å².